The summed E-state index contributed by atoms with van der Waals surface area (Å²) in [6.45, 7) is 6.15. The first-order valence-electron chi connectivity index (χ1n) is 10.0. The van der Waals surface area contributed by atoms with Gasteiger partial charge in [0, 0.05) is 35.6 Å². The van der Waals surface area contributed by atoms with Gasteiger partial charge in [0.1, 0.15) is 11.4 Å². The first kappa shape index (κ1) is 23.4. The maximum atomic E-state index is 13.7. The minimum atomic E-state index is -0.620. The third kappa shape index (κ3) is 6.11. The number of ether oxygens (including phenoxy) is 1. The summed E-state index contributed by atoms with van der Waals surface area (Å²) in [7, 11) is 0. The predicted octanol–water partition coefficient (Wildman–Crippen LogP) is 5.66. The number of carbonyl (C=O) groups excluding carboxylic acids is 2. The molecule has 1 fully saturated rings. The summed E-state index contributed by atoms with van der Waals surface area (Å²) in [4.78, 5) is 27.0. The molecule has 31 heavy (non-hydrogen) atoms. The van der Waals surface area contributed by atoms with Crippen molar-refractivity contribution in [2.24, 2.45) is 0 Å². The molecule has 2 aromatic carbocycles. The fourth-order valence-corrected chi connectivity index (χ4v) is 3.87. The largest absolute Gasteiger partial charge is 0.444 e. The highest BCUT2D eigenvalue weighted by Gasteiger charge is 2.35. The Labute approximate surface area is 191 Å². The third-order valence-corrected chi connectivity index (χ3v) is 5.60. The SMILES string of the molecule is CC(C)(C)OC(=O)N1CC[C@@H](NC(=O)c2ccc(Cl)cc2)C(c2ccc(F)c(Cl)c2)C1. The van der Waals surface area contributed by atoms with Crippen molar-refractivity contribution in [2.75, 3.05) is 13.1 Å². The molecule has 2 amide bonds. The molecule has 0 aliphatic carbocycles. The Balaban J connectivity index is 1.83. The van der Waals surface area contributed by atoms with Crippen LogP contribution in [0.15, 0.2) is 42.5 Å². The molecule has 5 nitrogen and oxygen atoms in total. The molecule has 0 radical (unpaired) electrons. The molecule has 1 saturated heterocycles. The van der Waals surface area contributed by atoms with E-state index in [1.807, 2.05) is 0 Å². The zero-order chi connectivity index (χ0) is 22.8. The van der Waals surface area contributed by atoms with Gasteiger partial charge in [0.2, 0.25) is 0 Å². The van der Waals surface area contributed by atoms with Gasteiger partial charge in [0.05, 0.1) is 5.02 Å². The Morgan fingerprint density at radius 2 is 1.81 bits per heavy atom. The summed E-state index contributed by atoms with van der Waals surface area (Å²) in [5, 5.41) is 3.59. The van der Waals surface area contributed by atoms with E-state index < -0.39 is 17.5 Å². The smallest absolute Gasteiger partial charge is 0.410 e. The Morgan fingerprint density at radius 1 is 1.13 bits per heavy atom. The maximum absolute atomic E-state index is 13.7. The topological polar surface area (TPSA) is 58.6 Å². The molecule has 0 saturated carbocycles. The standard InChI is InChI=1S/C23H25Cl2FN2O3/c1-23(2,3)31-22(30)28-11-10-20(27-21(29)14-4-7-16(24)8-5-14)17(13-28)15-6-9-19(26)18(25)12-15/h4-9,12,17,20H,10-11,13H2,1-3H3,(H,27,29)/t17?,20-/m1/s1. The lowest BCUT2D eigenvalue weighted by Gasteiger charge is -2.39. The average Bonchev–Trinajstić information content (AvgIpc) is 2.69. The van der Waals surface area contributed by atoms with Crippen LogP contribution in [0.1, 0.15) is 49.0 Å². The van der Waals surface area contributed by atoms with E-state index in [2.05, 4.69) is 5.32 Å². The van der Waals surface area contributed by atoms with Crippen LogP contribution in [0.4, 0.5) is 9.18 Å². The van der Waals surface area contributed by atoms with Gasteiger partial charge in [-0.05, 0) is 69.2 Å². The molecule has 1 aliphatic rings. The minimum Gasteiger partial charge on any atom is -0.444 e. The van der Waals surface area contributed by atoms with E-state index in [9.17, 15) is 14.0 Å². The summed E-state index contributed by atoms with van der Waals surface area (Å²) >= 11 is 11.9. The lowest BCUT2D eigenvalue weighted by atomic mass is 9.85. The highest BCUT2D eigenvalue weighted by atomic mass is 35.5. The summed E-state index contributed by atoms with van der Waals surface area (Å²) in [6.07, 6.45) is 0.0892. The molecule has 8 heteroatoms. The molecule has 2 aromatic rings. The normalized spacial score (nSPS) is 19.1. The number of nitrogens with one attached hydrogen (secondary N) is 1. The van der Waals surface area contributed by atoms with Crippen molar-refractivity contribution in [1.29, 1.82) is 0 Å². The van der Waals surface area contributed by atoms with Gasteiger partial charge in [-0.3, -0.25) is 4.79 Å². The Bertz CT molecular complexity index is 960. The third-order valence-electron chi connectivity index (χ3n) is 5.06. The molecular weight excluding hydrogens is 442 g/mol. The van der Waals surface area contributed by atoms with Crippen molar-refractivity contribution in [3.8, 4) is 0 Å². The first-order chi connectivity index (χ1) is 14.5. The molecule has 166 valence electrons. The Kier molecular flexibility index (Phi) is 7.12. The zero-order valence-corrected chi connectivity index (χ0v) is 19.1. The number of piperidine rings is 1. The van der Waals surface area contributed by atoms with Crippen LogP contribution in [0.3, 0.4) is 0 Å². The van der Waals surface area contributed by atoms with Crippen LogP contribution in [0.25, 0.3) is 0 Å². The molecule has 1 heterocycles. The van der Waals surface area contributed by atoms with Crippen LogP contribution < -0.4 is 5.32 Å². The van der Waals surface area contributed by atoms with Crippen LogP contribution in [-0.2, 0) is 4.74 Å². The van der Waals surface area contributed by atoms with Gasteiger partial charge in [-0.15, -0.1) is 0 Å². The van der Waals surface area contributed by atoms with E-state index in [0.29, 0.717) is 30.1 Å². The molecule has 0 bridgehead atoms. The second kappa shape index (κ2) is 9.45. The van der Waals surface area contributed by atoms with E-state index in [1.54, 1.807) is 62.1 Å². The number of rotatable bonds is 3. The minimum absolute atomic E-state index is 0.00494. The fraction of sp³-hybridized carbons (Fsp3) is 0.391. The first-order valence-corrected chi connectivity index (χ1v) is 10.8. The number of hydrogen-bond acceptors (Lipinski definition) is 3. The highest BCUT2D eigenvalue weighted by molar-refractivity contribution is 6.31. The van der Waals surface area contributed by atoms with Crippen molar-refractivity contribution in [3.63, 3.8) is 0 Å². The molecule has 0 aromatic heterocycles. The summed E-state index contributed by atoms with van der Waals surface area (Å²) in [5.74, 6) is -1.05. The monoisotopic (exact) mass is 466 g/mol. The number of carbonyl (C=O) groups is 2. The summed E-state index contributed by atoms with van der Waals surface area (Å²) in [5.41, 5.74) is 0.599. The average molecular weight is 467 g/mol. The van der Waals surface area contributed by atoms with Gasteiger partial charge in [0.25, 0.3) is 5.91 Å². The van der Waals surface area contributed by atoms with Gasteiger partial charge < -0.3 is 15.0 Å². The fourth-order valence-electron chi connectivity index (χ4n) is 3.55. The number of amides is 2. The Hall–Kier alpha value is -2.31. The number of hydrogen-bond donors (Lipinski definition) is 1. The molecule has 0 spiro atoms. The molecule has 1 N–H and O–H groups in total. The van der Waals surface area contributed by atoms with Crippen molar-refractivity contribution in [2.45, 2.75) is 44.8 Å². The zero-order valence-electron chi connectivity index (χ0n) is 17.6. The van der Waals surface area contributed by atoms with Crippen LogP contribution in [0, 0.1) is 5.82 Å². The van der Waals surface area contributed by atoms with Gasteiger partial charge in [-0.25, -0.2) is 9.18 Å². The van der Waals surface area contributed by atoms with Gasteiger partial charge in [0.15, 0.2) is 0 Å². The van der Waals surface area contributed by atoms with Crippen molar-refractivity contribution in [1.82, 2.24) is 10.2 Å². The van der Waals surface area contributed by atoms with Crippen LogP contribution >= 0.6 is 23.2 Å². The van der Waals surface area contributed by atoms with Crippen molar-refractivity contribution in [3.05, 3.63) is 69.5 Å². The molecule has 3 rings (SSSR count). The second-order valence-corrected chi connectivity index (χ2v) is 9.43. The number of halogens is 3. The maximum Gasteiger partial charge on any atom is 0.410 e. The van der Waals surface area contributed by atoms with E-state index in [1.165, 1.54) is 6.07 Å². The molecular formula is C23H25Cl2FN2O3. The van der Waals surface area contributed by atoms with Gasteiger partial charge >= 0.3 is 6.09 Å². The summed E-state index contributed by atoms with van der Waals surface area (Å²) in [6, 6.07) is 10.8. The van der Waals surface area contributed by atoms with Crippen molar-refractivity contribution >= 4 is 35.2 Å². The van der Waals surface area contributed by atoms with E-state index in [-0.39, 0.29) is 22.9 Å². The second-order valence-electron chi connectivity index (χ2n) is 8.58. The van der Waals surface area contributed by atoms with Gasteiger partial charge in [-0.1, -0.05) is 29.3 Å². The highest BCUT2D eigenvalue weighted by Crippen LogP contribution is 2.31. The van der Waals surface area contributed by atoms with Gasteiger partial charge in [-0.2, -0.15) is 0 Å². The number of nitrogens with zero attached hydrogens (tertiary/aromatic N) is 1. The van der Waals surface area contributed by atoms with Crippen LogP contribution in [0.5, 0.6) is 0 Å². The number of benzene rings is 2. The van der Waals surface area contributed by atoms with Crippen LogP contribution in [0.2, 0.25) is 10.0 Å². The Morgan fingerprint density at radius 3 is 2.42 bits per heavy atom. The molecule has 1 unspecified atom stereocenters. The molecule has 2 atom stereocenters. The predicted molar refractivity (Wildman–Crippen MR) is 119 cm³/mol. The van der Waals surface area contributed by atoms with E-state index >= 15 is 0 Å². The quantitative estimate of drug-likeness (QED) is 0.634. The van der Waals surface area contributed by atoms with E-state index in [0.717, 1.165) is 5.56 Å². The van der Waals surface area contributed by atoms with Crippen LogP contribution in [-0.4, -0.2) is 41.6 Å². The summed E-state index contributed by atoms with van der Waals surface area (Å²) < 4.78 is 19.2. The van der Waals surface area contributed by atoms with Crippen molar-refractivity contribution < 1.29 is 18.7 Å². The van der Waals surface area contributed by atoms with E-state index in [4.69, 9.17) is 27.9 Å². The number of likely N-dealkylation sites (tertiary alicyclic amines) is 1. The lowest BCUT2D eigenvalue weighted by molar-refractivity contribution is 0.0177. The molecule has 1 aliphatic heterocycles. The lowest BCUT2D eigenvalue weighted by Crippen LogP contribution is -2.52.